The van der Waals surface area contributed by atoms with Crippen LogP contribution in [0.15, 0.2) is 83.3 Å². The lowest BCUT2D eigenvalue weighted by molar-refractivity contribution is -0.140. The van der Waals surface area contributed by atoms with Gasteiger partial charge in [0.15, 0.2) is 0 Å². The molecule has 0 spiro atoms. The molecule has 1 atom stereocenters. The predicted octanol–water partition coefficient (Wildman–Crippen LogP) is 5.69. The molecule has 0 heterocycles. The fraction of sp³-hybridized carbons (Fsp3) is 0.286. The van der Waals surface area contributed by atoms with Crippen LogP contribution in [0.25, 0.3) is 0 Å². The number of amides is 2. The van der Waals surface area contributed by atoms with E-state index in [1.807, 2.05) is 54.6 Å². The van der Waals surface area contributed by atoms with Gasteiger partial charge >= 0.3 is 0 Å². The third-order valence-corrected chi connectivity index (χ3v) is 6.14. The molecule has 0 saturated carbocycles. The molecule has 4 nitrogen and oxygen atoms in total. The zero-order valence-corrected chi connectivity index (χ0v) is 20.9. The lowest BCUT2D eigenvalue weighted by Gasteiger charge is -2.32. The number of hydrogen-bond acceptors (Lipinski definition) is 2. The molecule has 0 saturated heterocycles. The summed E-state index contributed by atoms with van der Waals surface area (Å²) in [4.78, 5) is 28.5. The first-order chi connectivity index (χ1) is 16.5. The maximum absolute atomic E-state index is 14.3. The summed E-state index contributed by atoms with van der Waals surface area (Å²) in [6, 6.07) is 22.9. The highest BCUT2D eigenvalue weighted by atomic mass is 79.9. The van der Waals surface area contributed by atoms with Gasteiger partial charge in [-0.3, -0.25) is 9.59 Å². The van der Waals surface area contributed by atoms with Crippen molar-refractivity contribution < 1.29 is 14.0 Å². The van der Waals surface area contributed by atoms with Crippen LogP contribution in [-0.4, -0.2) is 29.3 Å². The smallest absolute Gasteiger partial charge is 0.243 e. The number of hydrogen-bond donors (Lipinski definition) is 1. The van der Waals surface area contributed by atoms with E-state index < -0.39 is 11.9 Å². The van der Waals surface area contributed by atoms with Crippen LogP contribution in [0, 0.1) is 5.82 Å². The van der Waals surface area contributed by atoms with E-state index in [9.17, 15) is 14.0 Å². The lowest BCUT2D eigenvalue weighted by atomic mass is 10.0. The quantitative estimate of drug-likeness (QED) is 0.327. The van der Waals surface area contributed by atoms with Gasteiger partial charge in [0.05, 0.1) is 6.42 Å². The Morgan fingerprint density at radius 2 is 1.68 bits per heavy atom. The van der Waals surface area contributed by atoms with Crippen molar-refractivity contribution in [3.05, 3.63) is 106 Å². The maximum Gasteiger partial charge on any atom is 0.243 e. The van der Waals surface area contributed by atoms with Gasteiger partial charge in [-0.05, 0) is 41.3 Å². The van der Waals surface area contributed by atoms with Crippen LogP contribution < -0.4 is 5.32 Å². The molecule has 0 fully saturated rings. The zero-order valence-electron chi connectivity index (χ0n) is 19.3. The second-order valence-electron chi connectivity index (χ2n) is 8.27. The summed E-state index contributed by atoms with van der Waals surface area (Å²) in [5.41, 5.74) is 2.16. The summed E-state index contributed by atoms with van der Waals surface area (Å²) in [7, 11) is 0. The summed E-state index contributed by atoms with van der Waals surface area (Å²) >= 11 is 3.48. The molecule has 3 rings (SSSR count). The molecule has 2 amide bonds. The number of carbonyl (C=O) groups excluding carboxylic acids is 2. The van der Waals surface area contributed by atoms with Gasteiger partial charge in [0.2, 0.25) is 11.8 Å². The Morgan fingerprint density at radius 3 is 2.38 bits per heavy atom. The largest absolute Gasteiger partial charge is 0.354 e. The highest BCUT2D eigenvalue weighted by Gasteiger charge is 2.30. The van der Waals surface area contributed by atoms with Gasteiger partial charge in [-0.2, -0.15) is 0 Å². The van der Waals surface area contributed by atoms with Gasteiger partial charge in [0, 0.05) is 24.0 Å². The molecule has 0 radical (unpaired) electrons. The number of nitrogens with one attached hydrogen (secondary N) is 1. The SMILES string of the molecule is CCCCNC(=O)[C@H](Cc1ccccc1)N(Cc1cccc(Br)c1)C(=O)Cc1ccccc1F. The van der Waals surface area contributed by atoms with E-state index in [0.29, 0.717) is 18.5 Å². The molecule has 3 aromatic carbocycles. The minimum Gasteiger partial charge on any atom is -0.354 e. The predicted molar refractivity (Wildman–Crippen MR) is 137 cm³/mol. The van der Waals surface area contributed by atoms with Crippen LogP contribution in [0.4, 0.5) is 4.39 Å². The van der Waals surface area contributed by atoms with E-state index in [-0.39, 0.29) is 24.8 Å². The van der Waals surface area contributed by atoms with Gasteiger partial charge in [0.25, 0.3) is 0 Å². The average Bonchev–Trinajstić information content (AvgIpc) is 2.83. The van der Waals surface area contributed by atoms with Crippen molar-refractivity contribution in [2.75, 3.05) is 6.54 Å². The van der Waals surface area contributed by atoms with Crippen LogP contribution >= 0.6 is 15.9 Å². The topological polar surface area (TPSA) is 49.4 Å². The third kappa shape index (κ3) is 7.52. The van der Waals surface area contributed by atoms with Crippen molar-refractivity contribution in [2.24, 2.45) is 0 Å². The Hall–Kier alpha value is -2.99. The molecule has 34 heavy (non-hydrogen) atoms. The Labute approximate surface area is 209 Å². The molecule has 0 aliphatic carbocycles. The first kappa shape index (κ1) is 25.6. The minimum absolute atomic E-state index is 0.117. The number of benzene rings is 3. The molecule has 6 heteroatoms. The van der Waals surface area contributed by atoms with Gasteiger partial charge < -0.3 is 10.2 Å². The molecular formula is C28H30BrFN2O2. The van der Waals surface area contributed by atoms with E-state index in [4.69, 9.17) is 0 Å². The van der Waals surface area contributed by atoms with E-state index >= 15 is 0 Å². The third-order valence-electron chi connectivity index (χ3n) is 5.64. The highest BCUT2D eigenvalue weighted by molar-refractivity contribution is 9.10. The summed E-state index contributed by atoms with van der Waals surface area (Å²) in [6.45, 7) is 2.85. The Bertz CT molecular complexity index is 1090. The normalized spacial score (nSPS) is 11.6. The van der Waals surface area contributed by atoms with Gasteiger partial charge in [0.1, 0.15) is 11.9 Å². The number of carbonyl (C=O) groups is 2. The first-order valence-electron chi connectivity index (χ1n) is 11.6. The minimum atomic E-state index is -0.725. The van der Waals surface area contributed by atoms with Crippen molar-refractivity contribution in [3.63, 3.8) is 0 Å². The fourth-order valence-electron chi connectivity index (χ4n) is 3.80. The second-order valence-corrected chi connectivity index (χ2v) is 9.19. The van der Waals surface area contributed by atoms with Crippen LogP contribution in [0.1, 0.15) is 36.5 Å². The summed E-state index contributed by atoms with van der Waals surface area (Å²) in [5.74, 6) is -0.920. The van der Waals surface area contributed by atoms with Gasteiger partial charge in [-0.25, -0.2) is 4.39 Å². The number of unbranched alkanes of at least 4 members (excludes halogenated alkanes) is 1. The zero-order chi connectivity index (χ0) is 24.3. The average molecular weight is 525 g/mol. The molecule has 0 aromatic heterocycles. The van der Waals surface area contributed by atoms with Crippen molar-refractivity contribution in [3.8, 4) is 0 Å². The van der Waals surface area contributed by atoms with Crippen LogP contribution in [0.3, 0.4) is 0 Å². The van der Waals surface area contributed by atoms with Crippen molar-refractivity contribution in [1.82, 2.24) is 10.2 Å². The molecule has 0 aliphatic heterocycles. The molecule has 1 N–H and O–H groups in total. The number of rotatable bonds is 11. The molecule has 3 aromatic rings. The van der Waals surface area contributed by atoms with Crippen molar-refractivity contribution >= 4 is 27.7 Å². The molecule has 0 bridgehead atoms. The fourth-order valence-corrected chi connectivity index (χ4v) is 4.25. The molecule has 0 unspecified atom stereocenters. The molecular weight excluding hydrogens is 495 g/mol. The Morgan fingerprint density at radius 1 is 0.971 bits per heavy atom. The summed E-state index contributed by atoms with van der Waals surface area (Å²) in [5, 5.41) is 3.00. The summed E-state index contributed by atoms with van der Waals surface area (Å²) in [6.07, 6.45) is 2.07. The standard InChI is InChI=1S/C28H30BrFN2O2/c1-2-3-16-31-28(34)26(18-21-10-5-4-6-11-21)32(20-22-12-9-14-24(29)17-22)27(33)19-23-13-7-8-15-25(23)30/h4-15,17,26H,2-3,16,18-20H2,1H3,(H,31,34)/t26-/m0/s1. The van der Waals surface area contributed by atoms with Crippen LogP contribution in [-0.2, 0) is 29.0 Å². The van der Waals surface area contributed by atoms with Gasteiger partial charge in [-0.1, -0.05) is 89.9 Å². The van der Waals surface area contributed by atoms with E-state index in [1.54, 1.807) is 23.1 Å². The lowest BCUT2D eigenvalue weighted by Crippen LogP contribution is -2.51. The highest BCUT2D eigenvalue weighted by Crippen LogP contribution is 2.19. The van der Waals surface area contributed by atoms with Crippen LogP contribution in [0.2, 0.25) is 0 Å². The van der Waals surface area contributed by atoms with Gasteiger partial charge in [-0.15, -0.1) is 0 Å². The summed E-state index contributed by atoms with van der Waals surface area (Å²) < 4.78 is 15.2. The maximum atomic E-state index is 14.3. The van der Waals surface area contributed by atoms with E-state index in [2.05, 4.69) is 28.2 Å². The van der Waals surface area contributed by atoms with E-state index in [0.717, 1.165) is 28.4 Å². The monoisotopic (exact) mass is 524 g/mol. The number of halogens is 2. The Kier molecular flexibility index (Phi) is 9.83. The van der Waals surface area contributed by atoms with Crippen LogP contribution in [0.5, 0.6) is 0 Å². The molecule has 178 valence electrons. The Balaban J connectivity index is 1.95. The van der Waals surface area contributed by atoms with E-state index in [1.165, 1.54) is 6.07 Å². The first-order valence-corrected chi connectivity index (χ1v) is 12.4. The molecule has 0 aliphatic rings. The number of nitrogens with zero attached hydrogens (tertiary/aromatic N) is 1. The van der Waals surface area contributed by atoms with Crippen molar-refractivity contribution in [1.29, 1.82) is 0 Å². The van der Waals surface area contributed by atoms with Crippen molar-refractivity contribution in [2.45, 2.75) is 45.2 Å². The second kappa shape index (κ2) is 13.0.